The molecule has 0 spiro atoms. The molecule has 2 N–H and O–H groups in total. The molecule has 0 radical (unpaired) electrons. The molecule has 1 amide bonds. The molecule has 0 aromatic heterocycles. The maximum absolute atomic E-state index is 11.7. The van der Waals surface area contributed by atoms with Crippen molar-refractivity contribution >= 4 is 21.8 Å². The molecule has 0 unspecified atom stereocenters. The number of rotatable bonds is 7. The van der Waals surface area contributed by atoms with Crippen molar-refractivity contribution in [3.05, 3.63) is 28.2 Å². The van der Waals surface area contributed by atoms with Gasteiger partial charge in [-0.1, -0.05) is 15.9 Å². The summed E-state index contributed by atoms with van der Waals surface area (Å²) in [6.07, 6.45) is 0.985. The van der Waals surface area contributed by atoms with Crippen LogP contribution in [0.3, 0.4) is 0 Å². The molecule has 0 aliphatic carbocycles. The third kappa shape index (κ3) is 5.94. The Hall–Kier alpha value is -1.11. The fraction of sp³-hybridized carbons (Fsp3) is 0.562. The zero-order valence-corrected chi connectivity index (χ0v) is 14.6. The van der Waals surface area contributed by atoms with Gasteiger partial charge in [-0.05, 0) is 30.7 Å². The average Bonchev–Trinajstić information content (AvgIpc) is 2.54. The Kier molecular flexibility index (Phi) is 7.15. The summed E-state index contributed by atoms with van der Waals surface area (Å²) in [7, 11) is 0. The van der Waals surface area contributed by atoms with Crippen LogP contribution in [0.4, 0.5) is 0 Å². The molecule has 1 aromatic rings. The molecule has 1 aliphatic rings. The van der Waals surface area contributed by atoms with E-state index in [4.69, 9.17) is 9.47 Å². The quantitative estimate of drug-likeness (QED) is 0.688. The van der Waals surface area contributed by atoms with Gasteiger partial charge in [-0.25, -0.2) is 0 Å². The Morgan fingerprint density at radius 3 is 2.91 bits per heavy atom. The highest BCUT2D eigenvalue weighted by molar-refractivity contribution is 9.10. The van der Waals surface area contributed by atoms with Crippen LogP contribution in [0.2, 0.25) is 0 Å². The number of carbonyl (C=O) groups excluding carboxylic acids is 1. The first kappa shape index (κ1) is 17.2. The van der Waals surface area contributed by atoms with Gasteiger partial charge in [0, 0.05) is 17.4 Å². The molecular weight excluding hydrogens is 348 g/mol. The van der Waals surface area contributed by atoms with Gasteiger partial charge in [-0.15, -0.1) is 0 Å². The highest BCUT2D eigenvalue weighted by Gasteiger charge is 2.13. The molecule has 1 heterocycles. The molecule has 6 heteroatoms. The zero-order valence-electron chi connectivity index (χ0n) is 13.0. The topological polar surface area (TPSA) is 52.0 Å². The van der Waals surface area contributed by atoms with Gasteiger partial charge in [-0.3, -0.25) is 4.79 Å². The van der Waals surface area contributed by atoms with Gasteiger partial charge in [0.1, 0.15) is 18.8 Å². The van der Waals surface area contributed by atoms with E-state index in [1.807, 2.05) is 25.1 Å². The first-order valence-electron chi connectivity index (χ1n) is 7.72. The smallest absolute Gasteiger partial charge is 0.257 e. The number of halogens is 1. The number of morpholine rings is 1. The average molecular weight is 372 g/mol. The van der Waals surface area contributed by atoms with Gasteiger partial charge < -0.3 is 19.7 Å². The first-order valence-corrected chi connectivity index (χ1v) is 8.51. The number of hydrogen-bond acceptors (Lipinski definition) is 3. The minimum atomic E-state index is -0.0717. The molecular formula is C16H24BrN2O3+. The van der Waals surface area contributed by atoms with E-state index in [-0.39, 0.29) is 12.5 Å². The summed E-state index contributed by atoms with van der Waals surface area (Å²) in [6, 6.07) is 5.69. The van der Waals surface area contributed by atoms with E-state index in [0.717, 1.165) is 49.3 Å². The van der Waals surface area contributed by atoms with Crippen molar-refractivity contribution in [3.8, 4) is 5.75 Å². The monoisotopic (exact) mass is 371 g/mol. The Morgan fingerprint density at radius 1 is 1.41 bits per heavy atom. The molecule has 1 fully saturated rings. The summed E-state index contributed by atoms with van der Waals surface area (Å²) in [4.78, 5) is 13.3. The summed E-state index contributed by atoms with van der Waals surface area (Å²) >= 11 is 3.44. The largest absolute Gasteiger partial charge is 0.484 e. The van der Waals surface area contributed by atoms with Gasteiger partial charge >= 0.3 is 0 Å². The standard InChI is InChI=1S/C16H23BrN2O3/c1-13-11-14(3-4-15(13)17)22-12-16(20)18-5-2-6-19-7-9-21-10-8-19/h3-4,11H,2,5-10,12H2,1H3,(H,18,20)/p+1. The summed E-state index contributed by atoms with van der Waals surface area (Å²) < 4.78 is 11.9. The molecule has 1 aromatic carbocycles. The predicted molar refractivity (Wildman–Crippen MR) is 88.4 cm³/mol. The van der Waals surface area contributed by atoms with Crippen LogP contribution in [0.15, 0.2) is 22.7 Å². The lowest BCUT2D eigenvalue weighted by Crippen LogP contribution is -3.14. The number of ether oxygens (including phenoxy) is 2. The van der Waals surface area contributed by atoms with Crippen molar-refractivity contribution in [2.45, 2.75) is 13.3 Å². The van der Waals surface area contributed by atoms with Crippen molar-refractivity contribution in [1.29, 1.82) is 0 Å². The normalized spacial score (nSPS) is 15.5. The zero-order chi connectivity index (χ0) is 15.8. The third-order valence-corrected chi connectivity index (χ3v) is 4.62. The Bertz CT molecular complexity index is 490. The Labute approximate surface area is 140 Å². The van der Waals surface area contributed by atoms with Crippen LogP contribution in [0.5, 0.6) is 5.75 Å². The SMILES string of the molecule is Cc1cc(OCC(=O)NCCC[NH+]2CCOCC2)ccc1Br. The highest BCUT2D eigenvalue weighted by atomic mass is 79.9. The van der Waals surface area contributed by atoms with Gasteiger partial charge in [0.2, 0.25) is 0 Å². The maximum Gasteiger partial charge on any atom is 0.257 e. The third-order valence-electron chi connectivity index (χ3n) is 3.73. The van der Waals surface area contributed by atoms with Crippen LogP contribution >= 0.6 is 15.9 Å². The number of quaternary nitrogens is 1. The lowest BCUT2D eigenvalue weighted by molar-refractivity contribution is -0.908. The molecule has 0 atom stereocenters. The van der Waals surface area contributed by atoms with Gasteiger partial charge in [0.25, 0.3) is 5.91 Å². The lowest BCUT2D eigenvalue weighted by atomic mass is 10.2. The second-order valence-electron chi connectivity index (χ2n) is 5.52. The number of carbonyl (C=O) groups is 1. The first-order chi connectivity index (χ1) is 10.6. The Morgan fingerprint density at radius 2 is 2.18 bits per heavy atom. The van der Waals surface area contributed by atoms with Crippen molar-refractivity contribution in [2.24, 2.45) is 0 Å². The van der Waals surface area contributed by atoms with E-state index in [0.29, 0.717) is 12.3 Å². The number of amides is 1. The summed E-state index contributed by atoms with van der Waals surface area (Å²) in [5.41, 5.74) is 1.09. The van der Waals surface area contributed by atoms with Gasteiger partial charge in [0.05, 0.1) is 19.8 Å². The molecule has 122 valence electrons. The van der Waals surface area contributed by atoms with E-state index < -0.39 is 0 Å². The Balaban J connectivity index is 1.58. The number of aryl methyl sites for hydroxylation is 1. The minimum Gasteiger partial charge on any atom is -0.484 e. The highest BCUT2D eigenvalue weighted by Crippen LogP contribution is 2.21. The summed E-state index contributed by atoms with van der Waals surface area (Å²) in [5, 5.41) is 2.90. The molecule has 5 nitrogen and oxygen atoms in total. The van der Waals surface area contributed by atoms with Gasteiger partial charge in [0.15, 0.2) is 6.61 Å². The fourth-order valence-electron chi connectivity index (χ4n) is 2.38. The van der Waals surface area contributed by atoms with Crippen LogP contribution in [0.1, 0.15) is 12.0 Å². The van der Waals surface area contributed by atoms with Crippen LogP contribution in [-0.4, -0.2) is 51.9 Å². The fourth-order valence-corrected chi connectivity index (χ4v) is 2.63. The molecule has 0 bridgehead atoms. The van der Waals surface area contributed by atoms with E-state index in [9.17, 15) is 4.79 Å². The van der Waals surface area contributed by atoms with E-state index >= 15 is 0 Å². The van der Waals surface area contributed by atoms with Crippen LogP contribution in [0, 0.1) is 6.92 Å². The number of benzene rings is 1. The molecule has 1 aliphatic heterocycles. The molecule has 0 saturated carbocycles. The number of hydrogen-bond donors (Lipinski definition) is 2. The molecule has 2 rings (SSSR count). The summed E-state index contributed by atoms with van der Waals surface area (Å²) in [6.45, 7) is 7.67. The van der Waals surface area contributed by atoms with Crippen molar-refractivity contribution in [3.63, 3.8) is 0 Å². The van der Waals surface area contributed by atoms with Gasteiger partial charge in [-0.2, -0.15) is 0 Å². The second kappa shape index (κ2) is 9.12. The van der Waals surface area contributed by atoms with E-state index in [2.05, 4.69) is 21.2 Å². The van der Waals surface area contributed by atoms with Crippen LogP contribution in [-0.2, 0) is 9.53 Å². The van der Waals surface area contributed by atoms with Crippen molar-refractivity contribution < 1.29 is 19.2 Å². The summed E-state index contributed by atoms with van der Waals surface area (Å²) in [5.74, 6) is 0.645. The van der Waals surface area contributed by atoms with E-state index in [1.165, 1.54) is 0 Å². The predicted octanol–water partition coefficient (Wildman–Crippen LogP) is 0.558. The second-order valence-corrected chi connectivity index (χ2v) is 6.37. The van der Waals surface area contributed by atoms with Crippen molar-refractivity contribution in [1.82, 2.24) is 5.32 Å². The lowest BCUT2D eigenvalue weighted by Gasteiger charge is -2.23. The molecule has 1 saturated heterocycles. The van der Waals surface area contributed by atoms with E-state index in [1.54, 1.807) is 4.90 Å². The maximum atomic E-state index is 11.7. The van der Waals surface area contributed by atoms with Crippen LogP contribution < -0.4 is 15.0 Å². The number of nitrogens with one attached hydrogen (secondary N) is 2. The van der Waals surface area contributed by atoms with Crippen LogP contribution in [0.25, 0.3) is 0 Å². The minimum absolute atomic E-state index is 0.0610. The van der Waals surface area contributed by atoms with Crippen molar-refractivity contribution in [2.75, 3.05) is 46.0 Å². The molecule has 22 heavy (non-hydrogen) atoms.